The van der Waals surface area contributed by atoms with Gasteiger partial charge in [-0.1, -0.05) is 26.0 Å². The van der Waals surface area contributed by atoms with Gasteiger partial charge in [-0.15, -0.1) is 0 Å². The lowest BCUT2D eigenvalue weighted by Gasteiger charge is -2.38. The molecule has 0 N–H and O–H groups in total. The fraction of sp³-hybridized carbons (Fsp3) is 0.462. The van der Waals surface area contributed by atoms with Gasteiger partial charge in [-0.05, 0) is 59.8 Å². The number of aryl methyl sites for hydroxylation is 1. The molecule has 3 aromatic rings. The molecule has 2 aliphatic rings. The third kappa shape index (κ3) is 4.13. The highest BCUT2D eigenvalue weighted by molar-refractivity contribution is 7.13. The van der Waals surface area contributed by atoms with E-state index in [-0.39, 0.29) is 17.1 Å². The van der Waals surface area contributed by atoms with E-state index in [4.69, 9.17) is 0 Å². The maximum Gasteiger partial charge on any atom is 0.227 e. The van der Waals surface area contributed by atoms with E-state index in [9.17, 15) is 9.18 Å². The summed E-state index contributed by atoms with van der Waals surface area (Å²) in [5.41, 5.74) is 4.75. The second-order valence-corrected chi connectivity index (χ2v) is 10.9. The average Bonchev–Trinajstić information content (AvgIpc) is 3.19. The molecule has 0 atom stereocenters. The number of carbonyl (C=O) groups is 1. The number of benzene rings is 2. The second kappa shape index (κ2) is 8.37. The Bertz CT molecular complexity index is 1210. The number of aromatic nitrogens is 1. The van der Waals surface area contributed by atoms with Gasteiger partial charge in [0.25, 0.3) is 0 Å². The SMILES string of the molecule is Cc1cc(CCN2CCN(c3nsc4ccc(F)cc34)CC2)cc2c1N(C)C(=O)CC2(C)C. The number of rotatable bonds is 4. The van der Waals surface area contributed by atoms with Crippen LogP contribution in [0.4, 0.5) is 15.9 Å². The molecule has 2 aromatic carbocycles. The Morgan fingerprint density at radius 1 is 1.12 bits per heavy atom. The predicted molar refractivity (Wildman–Crippen MR) is 134 cm³/mol. The van der Waals surface area contributed by atoms with Crippen LogP contribution in [0.1, 0.15) is 37.0 Å². The predicted octanol–water partition coefficient (Wildman–Crippen LogP) is 4.75. The zero-order valence-electron chi connectivity index (χ0n) is 19.8. The summed E-state index contributed by atoms with van der Waals surface area (Å²) in [6.07, 6.45) is 1.54. The zero-order chi connectivity index (χ0) is 23.3. The lowest BCUT2D eigenvalue weighted by Crippen LogP contribution is -2.47. The van der Waals surface area contributed by atoms with E-state index in [1.807, 2.05) is 18.0 Å². The first-order valence-electron chi connectivity index (χ1n) is 11.7. The van der Waals surface area contributed by atoms with Gasteiger partial charge < -0.3 is 9.80 Å². The molecule has 7 heteroatoms. The average molecular weight is 467 g/mol. The highest BCUT2D eigenvalue weighted by Gasteiger charge is 2.36. The first kappa shape index (κ1) is 22.3. The molecule has 1 amide bonds. The third-order valence-electron chi connectivity index (χ3n) is 7.19. The molecule has 1 saturated heterocycles. The van der Waals surface area contributed by atoms with E-state index in [1.165, 1.54) is 34.3 Å². The molecular weight excluding hydrogens is 435 g/mol. The van der Waals surface area contributed by atoms with Crippen molar-refractivity contribution in [3.63, 3.8) is 0 Å². The van der Waals surface area contributed by atoms with Crippen LogP contribution in [0.2, 0.25) is 0 Å². The van der Waals surface area contributed by atoms with Crippen molar-refractivity contribution in [1.82, 2.24) is 9.27 Å². The van der Waals surface area contributed by atoms with Crippen LogP contribution >= 0.6 is 11.5 Å². The molecule has 1 aromatic heterocycles. The van der Waals surface area contributed by atoms with Crippen molar-refractivity contribution in [2.45, 2.75) is 39.0 Å². The molecule has 1 fully saturated rings. The summed E-state index contributed by atoms with van der Waals surface area (Å²) >= 11 is 1.44. The van der Waals surface area contributed by atoms with E-state index >= 15 is 0 Å². The number of amides is 1. The lowest BCUT2D eigenvalue weighted by atomic mass is 9.75. The largest absolute Gasteiger partial charge is 0.353 e. The fourth-order valence-electron chi connectivity index (χ4n) is 5.27. The van der Waals surface area contributed by atoms with Crippen LogP contribution in [-0.2, 0) is 16.6 Å². The van der Waals surface area contributed by atoms with Gasteiger partial charge in [0.2, 0.25) is 5.91 Å². The molecule has 0 bridgehead atoms. The van der Waals surface area contributed by atoms with Crippen LogP contribution in [0.3, 0.4) is 0 Å². The molecule has 174 valence electrons. The number of halogens is 1. The van der Waals surface area contributed by atoms with Crippen LogP contribution in [0.15, 0.2) is 30.3 Å². The Balaban J connectivity index is 1.25. The molecule has 0 spiro atoms. The third-order valence-corrected chi connectivity index (χ3v) is 8.01. The molecule has 0 aliphatic carbocycles. The standard InChI is InChI=1S/C26H31FN4OS/c1-17-13-18(14-21-24(17)29(4)23(32)16-26(21,2)3)7-8-30-9-11-31(12-10-30)25-20-15-19(27)5-6-22(20)33-28-25/h5-6,13-15H,7-12,16H2,1-4H3. The fourth-order valence-corrected chi connectivity index (χ4v) is 6.05. The highest BCUT2D eigenvalue weighted by Crippen LogP contribution is 2.42. The summed E-state index contributed by atoms with van der Waals surface area (Å²) in [6, 6.07) is 9.48. The van der Waals surface area contributed by atoms with E-state index < -0.39 is 0 Å². The van der Waals surface area contributed by atoms with Crippen molar-refractivity contribution >= 4 is 39.0 Å². The zero-order valence-corrected chi connectivity index (χ0v) is 20.6. The Hall–Kier alpha value is -2.51. The number of carbonyl (C=O) groups excluding carboxylic acids is 1. The Kier molecular flexibility index (Phi) is 5.65. The summed E-state index contributed by atoms with van der Waals surface area (Å²) < 4.78 is 19.4. The van der Waals surface area contributed by atoms with Crippen LogP contribution in [0.25, 0.3) is 10.1 Å². The normalized spacial score (nSPS) is 18.8. The topological polar surface area (TPSA) is 39.7 Å². The van der Waals surface area contributed by atoms with Crippen molar-refractivity contribution < 1.29 is 9.18 Å². The molecule has 5 nitrogen and oxygen atoms in total. The number of piperazine rings is 1. The van der Waals surface area contributed by atoms with Gasteiger partial charge in [-0.3, -0.25) is 9.69 Å². The Labute approximate surface area is 199 Å². The molecular formula is C26H31FN4OS. The minimum atomic E-state index is -0.207. The first-order chi connectivity index (χ1) is 15.7. The minimum absolute atomic E-state index is 0.138. The van der Waals surface area contributed by atoms with Gasteiger partial charge >= 0.3 is 0 Å². The minimum Gasteiger partial charge on any atom is -0.353 e. The van der Waals surface area contributed by atoms with E-state index in [1.54, 1.807) is 6.07 Å². The van der Waals surface area contributed by atoms with Gasteiger partial charge in [0.15, 0.2) is 0 Å². The molecule has 2 aliphatic heterocycles. The van der Waals surface area contributed by atoms with Crippen molar-refractivity contribution in [3.8, 4) is 0 Å². The van der Waals surface area contributed by atoms with Crippen molar-refractivity contribution in [3.05, 3.63) is 52.8 Å². The van der Waals surface area contributed by atoms with Crippen LogP contribution < -0.4 is 9.80 Å². The maximum absolute atomic E-state index is 13.7. The van der Waals surface area contributed by atoms with Crippen molar-refractivity contribution in [2.75, 3.05) is 49.6 Å². The highest BCUT2D eigenvalue weighted by atomic mass is 32.1. The summed E-state index contributed by atoms with van der Waals surface area (Å²) in [5, 5.41) is 0.920. The van der Waals surface area contributed by atoms with Gasteiger partial charge in [0, 0.05) is 62.7 Å². The quantitative estimate of drug-likeness (QED) is 0.556. The summed E-state index contributed by atoms with van der Waals surface area (Å²) in [6.45, 7) is 11.2. The Morgan fingerprint density at radius 2 is 1.88 bits per heavy atom. The number of anilines is 2. The number of fused-ring (bicyclic) bond motifs is 2. The first-order valence-corrected chi connectivity index (χ1v) is 12.4. The number of nitrogens with zero attached hydrogens (tertiary/aromatic N) is 4. The molecule has 33 heavy (non-hydrogen) atoms. The van der Waals surface area contributed by atoms with Gasteiger partial charge in [-0.25, -0.2) is 4.39 Å². The summed E-state index contributed by atoms with van der Waals surface area (Å²) in [5.74, 6) is 0.902. The monoisotopic (exact) mass is 466 g/mol. The van der Waals surface area contributed by atoms with Gasteiger partial charge in [-0.2, -0.15) is 4.37 Å². The number of hydrogen-bond donors (Lipinski definition) is 0. The smallest absolute Gasteiger partial charge is 0.227 e. The van der Waals surface area contributed by atoms with E-state index in [0.29, 0.717) is 6.42 Å². The van der Waals surface area contributed by atoms with Crippen LogP contribution in [0.5, 0.6) is 0 Å². The molecule has 0 saturated carbocycles. The van der Waals surface area contributed by atoms with E-state index in [2.05, 4.69) is 47.1 Å². The molecule has 3 heterocycles. The number of hydrogen-bond acceptors (Lipinski definition) is 5. The van der Waals surface area contributed by atoms with Crippen LogP contribution in [-0.4, -0.2) is 55.0 Å². The summed E-state index contributed by atoms with van der Waals surface area (Å²) in [7, 11) is 1.89. The molecule has 5 rings (SSSR count). The lowest BCUT2D eigenvalue weighted by molar-refractivity contribution is -0.119. The van der Waals surface area contributed by atoms with Gasteiger partial charge in [0.1, 0.15) is 11.6 Å². The second-order valence-electron chi connectivity index (χ2n) is 10.0. The van der Waals surface area contributed by atoms with Crippen LogP contribution in [0, 0.1) is 12.7 Å². The van der Waals surface area contributed by atoms with Crippen molar-refractivity contribution in [2.24, 2.45) is 0 Å². The summed E-state index contributed by atoms with van der Waals surface area (Å²) in [4.78, 5) is 19.0. The maximum atomic E-state index is 13.7. The molecule has 0 radical (unpaired) electrons. The van der Waals surface area contributed by atoms with Gasteiger partial charge in [0.05, 0.1) is 4.70 Å². The molecule has 0 unspecified atom stereocenters. The van der Waals surface area contributed by atoms with E-state index in [0.717, 1.165) is 60.7 Å². The Morgan fingerprint density at radius 3 is 2.64 bits per heavy atom. The van der Waals surface area contributed by atoms with Crippen molar-refractivity contribution in [1.29, 1.82) is 0 Å².